The third kappa shape index (κ3) is 4.86. The van der Waals surface area contributed by atoms with Crippen LogP contribution in [-0.4, -0.2) is 48.6 Å². The molecule has 0 spiro atoms. The summed E-state index contributed by atoms with van der Waals surface area (Å²) in [6, 6.07) is 3.72. The van der Waals surface area contributed by atoms with Gasteiger partial charge in [0.25, 0.3) is 0 Å². The van der Waals surface area contributed by atoms with Gasteiger partial charge >= 0.3 is 6.03 Å². The number of hydrogen-bond donors (Lipinski definition) is 1. The number of amides is 2. The first-order valence-corrected chi connectivity index (χ1v) is 8.77. The lowest BCUT2D eigenvalue weighted by Crippen LogP contribution is -2.51. The van der Waals surface area contributed by atoms with Gasteiger partial charge < -0.3 is 14.6 Å². The molecule has 0 aromatic carbocycles. The molecule has 126 valence electrons. The van der Waals surface area contributed by atoms with Gasteiger partial charge in [0.05, 0.1) is 12.8 Å². The lowest BCUT2D eigenvalue weighted by atomic mass is 9.97. The maximum absolute atomic E-state index is 12.2. The van der Waals surface area contributed by atoms with Gasteiger partial charge in [-0.15, -0.1) is 0 Å². The maximum Gasteiger partial charge on any atom is 0.317 e. The molecular weight excluding hydrogens is 290 g/mol. The maximum atomic E-state index is 12.2. The first-order chi connectivity index (χ1) is 11.3. The lowest BCUT2D eigenvalue weighted by Gasteiger charge is -2.35. The summed E-state index contributed by atoms with van der Waals surface area (Å²) < 4.78 is 5.23. The molecule has 0 unspecified atom stereocenters. The Morgan fingerprint density at radius 1 is 1.22 bits per heavy atom. The fourth-order valence-corrected chi connectivity index (χ4v) is 3.30. The molecular formula is C18H27N3O2. The molecule has 1 aromatic rings. The number of nitrogens with zero attached hydrogens (tertiary/aromatic N) is 2. The van der Waals surface area contributed by atoms with Crippen molar-refractivity contribution in [1.82, 2.24) is 15.1 Å². The van der Waals surface area contributed by atoms with Crippen molar-refractivity contribution < 1.29 is 9.21 Å². The van der Waals surface area contributed by atoms with Gasteiger partial charge in [0, 0.05) is 32.7 Å². The molecule has 1 aliphatic carbocycles. The SMILES string of the molecule is O=C(NCc1ccco1)N1CCN(CCC2=CCCCC2)CC1. The van der Waals surface area contributed by atoms with Crippen LogP contribution in [0.3, 0.4) is 0 Å². The summed E-state index contributed by atoms with van der Waals surface area (Å²) in [7, 11) is 0. The van der Waals surface area contributed by atoms with Crippen molar-refractivity contribution in [1.29, 1.82) is 0 Å². The Bertz CT molecular complexity index is 516. The summed E-state index contributed by atoms with van der Waals surface area (Å²) in [6.45, 7) is 5.16. The van der Waals surface area contributed by atoms with Crippen molar-refractivity contribution in [2.75, 3.05) is 32.7 Å². The van der Waals surface area contributed by atoms with E-state index in [1.165, 1.54) is 32.1 Å². The fraction of sp³-hybridized carbons (Fsp3) is 0.611. The van der Waals surface area contributed by atoms with E-state index in [0.29, 0.717) is 6.54 Å². The molecule has 1 aromatic heterocycles. The molecule has 2 heterocycles. The van der Waals surface area contributed by atoms with E-state index < -0.39 is 0 Å². The van der Waals surface area contributed by atoms with Gasteiger partial charge in [-0.05, 0) is 44.2 Å². The van der Waals surface area contributed by atoms with Crippen LogP contribution in [0.2, 0.25) is 0 Å². The standard InChI is InChI=1S/C18H27N3O2/c22-18(19-15-17-7-4-14-23-17)21-12-10-20(11-13-21)9-8-16-5-2-1-3-6-16/h4-5,7,14H,1-3,6,8-13,15H2,(H,19,22). The molecule has 1 aliphatic heterocycles. The lowest BCUT2D eigenvalue weighted by molar-refractivity contribution is 0.139. The van der Waals surface area contributed by atoms with Gasteiger partial charge in [-0.3, -0.25) is 4.90 Å². The minimum atomic E-state index is 0.0102. The number of allylic oxidation sites excluding steroid dienone is 1. The number of hydrogen-bond acceptors (Lipinski definition) is 3. The van der Waals surface area contributed by atoms with Crippen molar-refractivity contribution in [2.24, 2.45) is 0 Å². The Labute approximate surface area is 138 Å². The number of furan rings is 1. The zero-order valence-electron chi connectivity index (χ0n) is 13.8. The molecule has 1 N–H and O–H groups in total. The second kappa shape index (κ2) is 8.20. The number of rotatable bonds is 5. The van der Waals surface area contributed by atoms with E-state index in [2.05, 4.69) is 16.3 Å². The minimum absolute atomic E-state index is 0.0102. The molecule has 2 amide bonds. The molecule has 23 heavy (non-hydrogen) atoms. The monoisotopic (exact) mass is 317 g/mol. The summed E-state index contributed by atoms with van der Waals surface area (Å²) in [5.41, 5.74) is 1.63. The fourth-order valence-electron chi connectivity index (χ4n) is 3.30. The van der Waals surface area contributed by atoms with Crippen LogP contribution in [0.5, 0.6) is 0 Å². The van der Waals surface area contributed by atoms with Crippen LogP contribution in [0.4, 0.5) is 4.79 Å². The van der Waals surface area contributed by atoms with E-state index in [1.807, 2.05) is 17.0 Å². The molecule has 5 heteroatoms. The predicted molar refractivity (Wildman–Crippen MR) is 90.1 cm³/mol. The summed E-state index contributed by atoms with van der Waals surface area (Å²) in [4.78, 5) is 16.5. The van der Waals surface area contributed by atoms with E-state index >= 15 is 0 Å². The quantitative estimate of drug-likeness (QED) is 0.849. The summed E-state index contributed by atoms with van der Waals surface area (Å²) in [5.74, 6) is 0.790. The van der Waals surface area contributed by atoms with Crippen LogP contribution >= 0.6 is 0 Å². The van der Waals surface area contributed by atoms with Crippen LogP contribution in [-0.2, 0) is 6.54 Å². The highest BCUT2D eigenvalue weighted by atomic mass is 16.3. The van der Waals surface area contributed by atoms with E-state index in [-0.39, 0.29) is 6.03 Å². The van der Waals surface area contributed by atoms with Crippen molar-refractivity contribution in [2.45, 2.75) is 38.6 Å². The highest BCUT2D eigenvalue weighted by molar-refractivity contribution is 5.74. The zero-order chi connectivity index (χ0) is 15.9. The molecule has 5 nitrogen and oxygen atoms in total. The number of urea groups is 1. The third-order valence-electron chi connectivity index (χ3n) is 4.79. The molecule has 0 atom stereocenters. The van der Waals surface area contributed by atoms with Crippen LogP contribution in [0.1, 0.15) is 37.9 Å². The molecule has 1 fully saturated rings. The molecule has 0 bridgehead atoms. The molecule has 2 aliphatic rings. The largest absolute Gasteiger partial charge is 0.467 e. The van der Waals surface area contributed by atoms with Crippen LogP contribution in [0.25, 0.3) is 0 Å². The summed E-state index contributed by atoms with van der Waals surface area (Å²) in [6.07, 6.45) is 10.5. The Balaban J connectivity index is 1.34. The number of carbonyl (C=O) groups is 1. The van der Waals surface area contributed by atoms with Crippen LogP contribution < -0.4 is 5.32 Å². The second-order valence-electron chi connectivity index (χ2n) is 6.42. The number of piperazine rings is 1. The van der Waals surface area contributed by atoms with Crippen molar-refractivity contribution >= 4 is 6.03 Å². The van der Waals surface area contributed by atoms with Gasteiger partial charge in [0.1, 0.15) is 5.76 Å². The third-order valence-corrected chi connectivity index (χ3v) is 4.79. The van der Waals surface area contributed by atoms with Crippen molar-refractivity contribution in [3.8, 4) is 0 Å². The van der Waals surface area contributed by atoms with Gasteiger partial charge in [-0.2, -0.15) is 0 Å². The average molecular weight is 317 g/mol. The predicted octanol–water partition coefficient (Wildman–Crippen LogP) is 3.00. The first kappa shape index (κ1) is 16.1. The smallest absolute Gasteiger partial charge is 0.317 e. The van der Waals surface area contributed by atoms with E-state index in [0.717, 1.165) is 38.5 Å². The first-order valence-electron chi connectivity index (χ1n) is 8.77. The van der Waals surface area contributed by atoms with Crippen molar-refractivity contribution in [3.05, 3.63) is 35.8 Å². The van der Waals surface area contributed by atoms with Gasteiger partial charge in [0.15, 0.2) is 0 Å². The van der Waals surface area contributed by atoms with Gasteiger partial charge in [-0.1, -0.05) is 11.6 Å². The van der Waals surface area contributed by atoms with Crippen molar-refractivity contribution in [3.63, 3.8) is 0 Å². The molecule has 1 saturated heterocycles. The zero-order valence-corrected chi connectivity index (χ0v) is 13.8. The molecule has 0 saturated carbocycles. The van der Waals surface area contributed by atoms with E-state index in [9.17, 15) is 4.79 Å². The summed E-state index contributed by atoms with van der Waals surface area (Å²) in [5, 5.41) is 2.92. The molecule has 3 rings (SSSR count). The Hall–Kier alpha value is -1.75. The van der Waals surface area contributed by atoms with Crippen LogP contribution in [0, 0.1) is 0 Å². The van der Waals surface area contributed by atoms with E-state index in [4.69, 9.17) is 4.42 Å². The number of nitrogens with one attached hydrogen (secondary N) is 1. The Morgan fingerprint density at radius 3 is 2.78 bits per heavy atom. The Morgan fingerprint density at radius 2 is 2.09 bits per heavy atom. The van der Waals surface area contributed by atoms with Gasteiger partial charge in [0.2, 0.25) is 0 Å². The van der Waals surface area contributed by atoms with E-state index in [1.54, 1.807) is 11.8 Å². The van der Waals surface area contributed by atoms with Crippen LogP contribution in [0.15, 0.2) is 34.5 Å². The van der Waals surface area contributed by atoms with Gasteiger partial charge in [-0.25, -0.2) is 4.79 Å². The summed E-state index contributed by atoms with van der Waals surface area (Å²) >= 11 is 0. The Kier molecular flexibility index (Phi) is 5.75. The molecule has 0 radical (unpaired) electrons. The highest BCUT2D eigenvalue weighted by Gasteiger charge is 2.21. The highest BCUT2D eigenvalue weighted by Crippen LogP contribution is 2.20. The topological polar surface area (TPSA) is 48.7 Å². The minimum Gasteiger partial charge on any atom is -0.467 e. The number of carbonyl (C=O) groups excluding carboxylic acids is 1. The average Bonchev–Trinajstić information content (AvgIpc) is 3.13. The normalized spacial score (nSPS) is 19.5. The second-order valence-corrected chi connectivity index (χ2v) is 6.42.